The van der Waals surface area contributed by atoms with Crippen molar-refractivity contribution < 1.29 is 56.0 Å². The number of aromatic nitrogens is 4. The molecular weight excluding hydrogens is 696 g/mol. The normalized spacial score (nSPS) is 12.8. The summed E-state index contributed by atoms with van der Waals surface area (Å²) < 4.78 is 0. The molecule has 0 fully saturated rings. The molecule has 4 atom stereocenters. The van der Waals surface area contributed by atoms with E-state index in [9.17, 15) is 39.0 Å². The van der Waals surface area contributed by atoms with Crippen molar-refractivity contribution in [3.8, 4) is 0 Å². The summed E-state index contributed by atoms with van der Waals surface area (Å²) in [6, 6.07) is -4.25. The predicted molar refractivity (Wildman–Crippen MR) is 166 cm³/mol. The second-order valence-corrected chi connectivity index (χ2v) is 10.5. The molecule has 0 spiro atoms. The van der Waals surface area contributed by atoms with Gasteiger partial charge in [0, 0.05) is 53.7 Å². The molecule has 2 aromatic rings. The van der Waals surface area contributed by atoms with Gasteiger partial charge in [-0.3, -0.25) is 19.2 Å². The van der Waals surface area contributed by atoms with E-state index in [2.05, 4.69) is 41.2 Å². The monoisotopic (exact) mass is 741 g/mol. The molecule has 21 heteroatoms. The van der Waals surface area contributed by atoms with E-state index in [1.54, 1.807) is 0 Å². The zero-order valence-corrected chi connectivity index (χ0v) is 27.8. The van der Waals surface area contributed by atoms with Crippen LogP contribution in [0.4, 0.5) is 0 Å². The number of rotatable bonds is 22. The molecule has 2 heterocycles. The third kappa shape index (κ3) is 18.7. The van der Waals surface area contributed by atoms with Crippen LogP contribution in [0.3, 0.4) is 0 Å². The van der Waals surface area contributed by atoms with Crippen molar-refractivity contribution >= 4 is 35.6 Å². The van der Waals surface area contributed by atoms with Gasteiger partial charge in [-0.2, -0.15) is 0 Å². The van der Waals surface area contributed by atoms with Crippen LogP contribution in [-0.4, -0.2) is 106 Å². The Labute approximate surface area is 293 Å². The number of nitrogens with two attached hydrogens (primary N) is 4. The number of nitrogens with zero attached hydrogens (tertiary/aromatic N) is 2. The van der Waals surface area contributed by atoms with Crippen LogP contribution >= 0.6 is 0 Å². The van der Waals surface area contributed by atoms with E-state index in [0.29, 0.717) is 50.2 Å². The maximum Gasteiger partial charge on any atom is 0.243 e. The molecule has 2 rings (SSSR count). The molecule has 0 saturated carbocycles. The van der Waals surface area contributed by atoms with E-state index in [0.717, 1.165) is 0 Å². The molecule has 20 nitrogen and oxygen atoms in total. The van der Waals surface area contributed by atoms with E-state index in [-0.39, 0.29) is 55.8 Å². The Kier molecular flexibility index (Phi) is 23.3. The largest absolute Gasteiger partial charge is 0.548 e. The maximum absolute atomic E-state index is 12.4. The number of unbranched alkanes of at least 4 members (excludes halogenated alkanes) is 2. The van der Waals surface area contributed by atoms with Gasteiger partial charge < -0.3 is 74.0 Å². The van der Waals surface area contributed by atoms with Crippen molar-refractivity contribution in [3.05, 3.63) is 36.4 Å². The molecule has 49 heavy (non-hydrogen) atoms. The standard InChI is InChI=1S/2C14H24N6O4.Cu/c2*15-4-2-1-3-10(14(23)24)20-13(22)11(19-12(21)6-16)5-9-7-17-8-18-9;/h2*7-8,10-11H,1-6,15-16H2,(H,17,18)(H,19,21)(H,20,22)(H,23,24);/p-2. The number of nitrogens with one attached hydrogen (secondary N) is 6. The minimum absolute atomic E-state index is 0. The summed E-state index contributed by atoms with van der Waals surface area (Å²) in [6.07, 6.45) is 8.89. The second-order valence-electron chi connectivity index (χ2n) is 10.5. The molecule has 0 aromatic carbocycles. The fourth-order valence-corrected chi connectivity index (χ4v) is 4.19. The second kappa shape index (κ2) is 25.6. The summed E-state index contributed by atoms with van der Waals surface area (Å²) in [5, 5.41) is 32.0. The van der Waals surface area contributed by atoms with Crippen LogP contribution in [0.5, 0.6) is 0 Å². The minimum Gasteiger partial charge on any atom is -0.548 e. The SMILES string of the molecule is NCCCCC(NC(=O)C(Cc1cnc[nH]1)NC(=O)CN)C(=O)[O-].NCCCCC(NC(=O)C(Cc1cnc[nH]1)NC(=O)CN)C(=O)[O-].[Cu]. The van der Waals surface area contributed by atoms with Gasteiger partial charge in [-0.25, -0.2) is 9.97 Å². The first-order valence-corrected chi connectivity index (χ1v) is 15.3. The number of carboxylic acids is 2. The molecule has 279 valence electrons. The number of carbonyl (C=O) groups excluding carboxylic acids is 6. The molecule has 0 bridgehead atoms. The molecule has 1 radical (unpaired) electrons. The summed E-state index contributed by atoms with van der Waals surface area (Å²) in [7, 11) is 0. The summed E-state index contributed by atoms with van der Waals surface area (Å²) in [5.74, 6) is -5.08. The van der Waals surface area contributed by atoms with Gasteiger partial charge in [-0.05, 0) is 51.6 Å². The van der Waals surface area contributed by atoms with Gasteiger partial charge in [0.25, 0.3) is 0 Å². The number of aliphatic carboxylic acids is 2. The predicted octanol–water partition coefficient (Wildman–Crippen LogP) is -6.48. The van der Waals surface area contributed by atoms with Gasteiger partial charge in [0.05, 0.1) is 49.8 Å². The number of imidazole rings is 2. The van der Waals surface area contributed by atoms with E-state index < -0.39 is 59.7 Å². The Morgan fingerprint density at radius 2 is 0.980 bits per heavy atom. The molecule has 0 aliphatic rings. The van der Waals surface area contributed by atoms with Gasteiger partial charge in [0.1, 0.15) is 12.1 Å². The first kappa shape index (κ1) is 44.6. The number of H-pyrrole nitrogens is 2. The zero-order valence-electron chi connectivity index (χ0n) is 26.9. The van der Waals surface area contributed by atoms with E-state index in [4.69, 9.17) is 22.9 Å². The molecule has 0 aliphatic carbocycles. The molecule has 2 aromatic heterocycles. The number of hydrogen-bond donors (Lipinski definition) is 10. The van der Waals surface area contributed by atoms with Crippen molar-refractivity contribution in [2.24, 2.45) is 22.9 Å². The van der Waals surface area contributed by atoms with Crippen molar-refractivity contribution in [3.63, 3.8) is 0 Å². The van der Waals surface area contributed by atoms with E-state index in [1.165, 1.54) is 25.0 Å². The van der Waals surface area contributed by atoms with E-state index in [1.807, 2.05) is 0 Å². The first-order chi connectivity index (χ1) is 22.9. The number of carboxylic acid groups (broad SMARTS) is 2. The number of aromatic amines is 2. The fraction of sp³-hybridized carbons (Fsp3) is 0.571. The average Bonchev–Trinajstić information content (AvgIpc) is 3.78. The fourth-order valence-electron chi connectivity index (χ4n) is 4.19. The Balaban J connectivity index is 0.000000922. The topological polar surface area (TPSA) is 358 Å². The van der Waals surface area contributed by atoms with Gasteiger partial charge >= 0.3 is 0 Å². The van der Waals surface area contributed by atoms with Crippen molar-refractivity contribution in [1.29, 1.82) is 0 Å². The Bertz CT molecular complexity index is 1170. The number of hydrogen-bond acceptors (Lipinski definition) is 14. The smallest absolute Gasteiger partial charge is 0.243 e. The molecular formula is C28H46CuN12O8-2. The van der Waals surface area contributed by atoms with Gasteiger partial charge in [0.2, 0.25) is 23.6 Å². The van der Waals surface area contributed by atoms with Crippen LogP contribution in [0.25, 0.3) is 0 Å². The molecule has 4 amide bonds. The van der Waals surface area contributed by atoms with Gasteiger partial charge in [0.15, 0.2) is 0 Å². The van der Waals surface area contributed by atoms with Gasteiger partial charge in [-0.1, -0.05) is 0 Å². The maximum atomic E-state index is 12.4. The number of carbonyl (C=O) groups is 6. The van der Waals surface area contributed by atoms with Crippen molar-refractivity contribution in [1.82, 2.24) is 41.2 Å². The van der Waals surface area contributed by atoms with Crippen molar-refractivity contribution in [2.75, 3.05) is 26.2 Å². The van der Waals surface area contributed by atoms with Crippen LogP contribution in [0.2, 0.25) is 0 Å². The zero-order chi connectivity index (χ0) is 35.9. The summed E-state index contributed by atoms with van der Waals surface area (Å²) in [5.41, 5.74) is 22.4. The van der Waals surface area contributed by atoms with Gasteiger partial charge in [-0.15, -0.1) is 0 Å². The number of amides is 4. The Morgan fingerprint density at radius 3 is 1.24 bits per heavy atom. The summed E-state index contributed by atoms with van der Waals surface area (Å²) in [4.78, 5) is 83.3. The Hall–Kier alpha value is -4.40. The quantitative estimate of drug-likeness (QED) is 0.0396. The summed E-state index contributed by atoms with van der Waals surface area (Å²) in [6.45, 7) is 0.297. The van der Waals surface area contributed by atoms with E-state index >= 15 is 0 Å². The third-order valence-electron chi connectivity index (χ3n) is 6.73. The first-order valence-electron chi connectivity index (χ1n) is 15.3. The summed E-state index contributed by atoms with van der Waals surface area (Å²) >= 11 is 0. The molecule has 14 N–H and O–H groups in total. The van der Waals surface area contributed by atoms with Crippen LogP contribution in [0, 0.1) is 0 Å². The average molecular weight is 742 g/mol. The van der Waals surface area contributed by atoms with Crippen molar-refractivity contribution in [2.45, 2.75) is 75.5 Å². The molecule has 4 unspecified atom stereocenters. The van der Waals surface area contributed by atoms with Crippen LogP contribution < -0.4 is 54.4 Å². The minimum atomic E-state index is -1.38. The molecule has 0 aliphatic heterocycles. The van der Waals surface area contributed by atoms with Crippen LogP contribution in [0.15, 0.2) is 25.0 Å². The third-order valence-corrected chi connectivity index (χ3v) is 6.73. The molecule has 0 saturated heterocycles. The van der Waals surface area contributed by atoms with Crippen LogP contribution in [-0.2, 0) is 58.7 Å². The van der Waals surface area contributed by atoms with Crippen LogP contribution in [0.1, 0.15) is 49.9 Å². The Morgan fingerprint density at radius 1 is 0.612 bits per heavy atom.